The van der Waals surface area contributed by atoms with Crippen LogP contribution in [-0.2, 0) is 0 Å². The van der Waals surface area contributed by atoms with Crippen molar-refractivity contribution in [3.05, 3.63) is 96.6 Å². The van der Waals surface area contributed by atoms with E-state index in [1.165, 1.54) is 18.5 Å². The number of fused-ring (bicyclic) bond motifs is 1. The first kappa shape index (κ1) is 21.2. The lowest BCUT2D eigenvalue weighted by Gasteiger charge is -2.26. The third kappa shape index (κ3) is 4.05. The number of pyridine rings is 1. The SMILES string of the molecule is Fc1ccc(F)c([C@H]2CCCN2c2ccc3ncnc(Nc4ccc(-n5cccn5)cc4)c3n2)c1. The molecule has 0 aliphatic carbocycles. The lowest BCUT2D eigenvalue weighted by atomic mass is 10.0. The van der Waals surface area contributed by atoms with Gasteiger partial charge in [-0.05, 0) is 73.5 Å². The van der Waals surface area contributed by atoms with E-state index in [1.807, 2.05) is 53.6 Å². The predicted molar refractivity (Wildman–Crippen MR) is 130 cm³/mol. The average Bonchev–Trinajstić information content (AvgIpc) is 3.59. The molecule has 6 rings (SSSR count). The molecule has 1 N–H and O–H groups in total. The number of rotatable bonds is 5. The van der Waals surface area contributed by atoms with E-state index in [-0.39, 0.29) is 6.04 Å². The molecule has 1 aliphatic heterocycles. The average molecular weight is 469 g/mol. The Morgan fingerprint density at radius 1 is 0.971 bits per heavy atom. The Balaban J connectivity index is 1.32. The molecule has 0 radical (unpaired) electrons. The highest BCUT2D eigenvalue weighted by Gasteiger charge is 2.30. The summed E-state index contributed by atoms with van der Waals surface area (Å²) in [5.74, 6) is 0.387. The van der Waals surface area contributed by atoms with Gasteiger partial charge in [0.05, 0.1) is 17.2 Å². The number of hydrogen-bond donors (Lipinski definition) is 1. The summed E-state index contributed by atoms with van der Waals surface area (Å²) in [6.07, 6.45) is 6.69. The van der Waals surface area contributed by atoms with E-state index < -0.39 is 11.6 Å². The Labute approximate surface area is 200 Å². The summed E-state index contributed by atoms with van der Waals surface area (Å²) in [5.41, 5.74) is 3.43. The first-order valence-electron chi connectivity index (χ1n) is 11.4. The summed E-state index contributed by atoms with van der Waals surface area (Å²) in [5, 5.41) is 7.57. The summed E-state index contributed by atoms with van der Waals surface area (Å²) >= 11 is 0. The maximum absolute atomic E-state index is 14.5. The van der Waals surface area contributed by atoms with Crippen molar-refractivity contribution in [1.82, 2.24) is 24.7 Å². The van der Waals surface area contributed by atoms with E-state index in [0.29, 0.717) is 34.8 Å². The molecule has 0 unspecified atom stereocenters. The summed E-state index contributed by atoms with van der Waals surface area (Å²) in [4.78, 5) is 15.6. The highest BCUT2D eigenvalue weighted by Crippen LogP contribution is 2.37. The molecule has 2 aromatic carbocycles. The topological polar surface area (TPSA) is 71.8 Å². The van der Waals surface area contributed by atoms with Crippen molar-refractivity contribution in [3.63, 3.8) is 0 Å². The molecule has 1 aliphatic rings. The number of nitrogens with one attached hydrogen (secondary N) is 1. The van der Waals surface area contributed by atoms with Crippen molar-refractivity contribution in [1.29, 1.82) is 0 Å². The van der Waals surface area contributed by atoms with E-state index >= 15 is 0 Å². The van der Waals surface area contributed by atoms with Gasteiger partial charge in [0.1, 0.15) is 29.3 Å². The van der Waals surface area contributed by atoms with Gasteiger partial charge in [-0.2, -0.15) is 5.10 Å². The van der Waals surface area contributed by atoms with Crippen molar-refractivity contribution in [2.45, 2.75) is 18.9 Å². The molecule has 7 nitrogen and oxygen atoms in total. The summed E-state index contributed by atoms with van der Waals surface area (Å²) in [7, 11) is 0. The number of aromatic nitrogens is 5. The molecule has 174 valence electrons. The van der Waals surface area contributed by atoms with Crippen molar-refractivity contribution in [3.8, 4) is 5.69 Å². The van der Waals surface area contributed by atoms with Crippen LogP contribution >= 0.6 is 0 Å². The van der Waals surface area contributed by atoms with Gasteiger partial charge in [-0.15, -0.1) is 0 Å². The zero-order chi connectivity index (χ0) is 23.8. The third-order valence-electron chi connectivity index (χ3n) is 6.23. The Morgan fingerprint density at radius 3 is 2.69 bits per heavy atom. The lowest BCUT2D eigenvalue weighted by Crippen LogP contribution is -2.24. The van der Waals surface area contributed by atoms with E-state index in [1.54, 1.807) is 10.9 Å². The summed E-state index contributed by atoms with van der Waals surface area (Å²) < 4.78 is 30.2. The third-order valence-corrected chi connectivity index (χ3v) is 6.23. The minimum Gasteiger partial charge on any atom is -0.349 e. The van der Waals surface area contributed by atoms with Crippen LogP contribution in [0, 0.1) is 11.6 Å². The molecule has 0 saturated carbocycles. The van der Waals surface area contributed by atoms with Crippen LogP contribution in [0.3, 0.4) is 0 Å². The Bertz CT molecular complexity index is 1490. The Hall–Kier alpha value is -4.40. The molecule has 3 aromatic heterocycles. The van der Waals surface area contributed by atoms with Crippen LogP contribution in [0.2, 0.25) is 0 Å². The zero-order valence-electron chi connectivity index (χ0n) is 18.6. The van der Waals surface area contributed by atoms with Gasteiger partial charge in [-0.25, -0.2) is 28.4 Å². The molecular weight excluding hydrogens is 448 g/mol. The van der Waals surface area contributed by atoms with Crippen LogP contribution < -0.4 is 10.2 Å². The van der Waals surface area contributed by atoms with Gasteiger partial charge in [0.25, 0.3) is 0 Å². The minimum absolute atomic E-state index is 0.286. The highest BCUT2D eigenvalue weighted by atomic mass is 19.1. The molecule has 1 fully saturated rings. The van der Waals surface area contributed by atoms with Crippen LogP contribution in [0.15, 0.2) is 79.4 Å². The smallest absolute Gasteiger partial charge is 0.160 e. The molecular formula is C26H21F2N7. The standard InChI is InChI=1S/C26H21F2N7/c27-17-4-9-21(28)20(15-17)23-3-1-13-34(23)24-11-10-22-25(33-24)26(30-16-29-22)32-18-5-7-19(8-6-18)35-14-2-12-31-35/h2,4-12,14-16,23H,1,3,13H2,(H,29,30,32)/t23-/m1/s1. The van der Waals surface area contributed by atoms with Crippen LogP contribution in [0.4, 0.5) is 26.1 Å². The lowest BCUT2D eigenvalue weighted by molar-refractivity contribution is 0.560. The van der Waals surface area contributed by atoms with Crippen molar-refractivity contribution in [2.75, 3.05) is 16.8 Å². The molecule has 4 heterocycles. The molecule has 5 aromatic rings. The van der Waals surface area contributed by atoms with Gasteiger partial charge in [0, 0.05) is 30.2 Å². The number of anilines is 3. The second-order valence-electron chi connectivity index (χ2n) is 8.40. The maximum Gasteiger partial charge on any atom is 0.160 e. The van der Waals surface area contributed by atoms with Crippen LogP contribution in [0.1, 0.15) is 24.4 Å². The van der Waals surface area contributed by atoms with Gasteiger partial charge in [-0.1, -0.05) is 0 Å². The molecule has 0 bridgehead atoms. The minimum atomic E-state index is -0.446. The largest absolute Gasteiger partial charge is 0.349 e. The van der Waals surface area contributed by atoms with E-state index in [4.69, 9.17) is 4.98 Å². The van der Waals surface area contributed by atoms with Gasteiger partial charge >= 0.3 is 0 Å². The van der Waals surface area contributed by atoms with Gasteiger partial charge < -0.3 is 10.2 Å². The zero-order valence-corrected chi connectivity index (χ0v) is 18.6. The normalized spacial score (nSPS) is 15.6. The first-order valence-corrected chi connectivity index (χ1v) is 11.4. The van der Waals surface area contributed by atoms with Crippen molar-refractivity contribution in [2.24, 2.45) is 0 Å². The number of halogens is 2. The van der Waals surface area contributed by atoms with E-state index in [0.717, 1.165) is 30.3 Å². The second-order valence-corrected chi connectivity index (χ2v) is 8.40. The number of hydrogen-bond acceptors (Lipinski definition) is 6. The fourth-order valence-electron chi connectivity index (χ4n) is 4.57. The monoisotopic (exact) mass is 469 g/mol. The summed E-state index contributed by atoms with van der Waals surface area (Å²) in [6, 6.07) is 16.7. The predicted octanol–water partition coefficient (Wildman–Crippen LogP) is 5.57. The number of nitrogens with zero attached hydrogens (tertiary/aromatic N) is 6. The first-order chi connectivity index (χ1) is 17.2. The molecule has 0 amide bonds. The van der Waals surface area contributed by atoms with Gasteiger partial charge in [-0.3, -0.25) is 0 Å². The van der Waals surface area contributed by atoms with Crippen molar-refractivity contribution < 1.29 is 8.78 Å². The molecule has 35 heavy (non-hydrogen) atoms. The van der Waals surface area contributed by atoms with Gasteiger partial charge in [0.15, 0.2) is 5.82 Å². The molecule has 1 saturated heterocycles. The van der Waals surface area contributed by atoms with Crippen LogP contribution in [0.5, 0.6) is 0 Å². The molecule has 1 atom stereocenters. The van der Waals surface area contributed by atoms with Crippen LogP contribution in [-0.4, -0.2) is 31.3 Å². The fourth-order valence-corrected chi connectivity index (χ4v) is 4.57. The summed E-state index contributed by atoms with van der Waals surface area (Å²) in [6.45, 7) is 0.699. The molecule has 9 heteroatoms. The van der Waals surface area contributed by atoms with Crippen molar-refractivity contribution >= 4 is 28.4 Å². The second kappa shape index (κ2) is 8.75. The van der Waals surface area contributed by atoms with E-state index in [9.17, 15) is 8.78 Å². The van der Waals surface area contributed by atoms with Gasteiger partial charge in [0.2, 0.25) is 0 Å². The fraction of sp³-hybridized carbons (Fsp3) is 0.154. The number of benzene rings is 2. The Morgan fingerprint density at radius 2 is 1.86 bits per heavy atom. The Kier molecular flexibility index (Phi) is 5.29. The van der Waals surface area contributed by atoms with E-state index in [2.05, 4.69) is 20.4 Å². The maximum atomic E-state index is 14.5. The quantitative estimate of drug-likeness (QED) is 0.363. The highest BCUT2D eigenvalue weighted by molar-refractivity contribution is 5.88. The van der Waals surface area contributed by atoms with Crippen LogP contribution in [0.25, 0.3) is 16.7 Å². The molecule has 0 spiro atoms.